The fraction of sp³-hybridized carbons (Fsp3) is 0.571. The normalized spacial score (nSPS) is 19.0. The summed E-state index contributed by atoms with van der Waals surface area (Å²) in [7, 11) is 0. The fourth-order valence-electron chi connectivity index (χ4n) is 1.37. The minimum Gasteiger partial charge on any atom is -0.481 e. The Labute approximate surface area is 69.0 Å². The van der Waals surface area contributed by atoms with E-state index < -0.39 is 5.97 Å². The second-order valence-corrected chi connectivity index (χ2v) is 3.13. The monoisotopic (exact) mass is 167 g/mol. The second kappa shape index (κ2) is 2.30. The Morgan fingerprint density at radius 3 is 2.83 bits per heavy atom. The van der Waals surface area contributed by atoms with Crippen LogP contribution in [0, 0.1) is 0 Å². The molecule has 5 heteroatoms. The van der Waals surface area contributed by atoms with Gasteiger partial charge >= 0.3 is 5.97 Å². The van der Waals surface area contributed by atoms with Gasteiger partial charge in [0, 0.05) is 0 Å². The minimum absolute atomic E-state index is 0.149. The van der Waals surface area contributed by atoms with Crippen molar-refractivity contribution in [1.82, 2.24) is 14.8 Å². The molecule has 1 saturated carbocycles. The number of aliphatic carboxylic acids is 1. The molecule has 1 aliphatic rings. The van der Waals surface area contributed by atoms with E-state index in [-0.39, 0.29) is 12.0 Å². The van der Waals surface area contributed by atoms with E-state index in [1.54, 1.807) is 11.0 Å². The van der Waals surface area contributed by atoms with Gasteiger partial charge < -0.3 is 5.11 Å². The van der Waals surface area contributed by atoms with Crippen LogP contribution in [0.25, 0.3) is 0 Å². The Bertz CT molecular complexity index is 290. The molecule has 0 radical (unpaired) electrons. The van der Waals surface area contributed by atoms with Crippen molar-refractivity contribution in [2.75, 3.05) is 0 Å². The summed E-state index contributed by atoms with van der Waals surface area (Å²) in [6, 6.07) is 0. The van der Waals surface area contributed by atoms with Crippen LogP contribution >= 0.6 is 0 Å². The molecule has 1 N–H and O–H groups in total. The van der Waals surface area contributed by atoms with E-state index in [4.69, 9.17) is 5.11 Å². The molecule has 1 fully saturated rings. The van der Waals surface area contributed by atoms with Gasteiger partial charge in [0.1, 0.15) is 12.7 Å². The van der Waals surface area contributed by atoms with Crippen LogP contribution in [-0.2, 0) is 10.3 Å². The standard InChI is InChI=1S/C7H9N3O2/c11-6(12)3-7(1-2-7)10-5-8-4-9-10/h4-5H,1-3H2,(H,11,12). The molecule has 64 valence electrons. The highest BCUT2D eigenvalue weighted by atomic mass is 16.4. The third-order valence-corrected chi connectivity index (χ3v) is 2.21. The number of hydrogen-bond donors (Lipinski definition) is 1. The molecule has 0 atom stereocenters. The molecule has 0 saturated heterocycles. The molecule has 0 aromatic carbocycles. The molecule has 0 spiro atoms. The molecular formula is C7H9N3O2. The number of carboxylic acids is 1. The zero-order valence-corrected chi connectivity index (χ0v) is 6.47. The zero-order chi connectivity index (χ0) is 8.60. The van der Waals surface area contributed by atoms with Crippen LogP contribution in [0.15, 0.2) is 12.7 Å². The van der Waals surface area contributed by atoms with E-state index in [0.29, 0.717) is 0 Å². The first-order valence-corrected chi connectivity index (χ1v) is 3.80. The Kier molecular flexibility index (Phi) is 1.39. The molecule has 2 rings (SSSR count). The van der Waals surface area contributed by atoms with E-state index in [2.05, 4.69) is 10.1 Å². The number of nitrogens with zero attached hydrogens (tertiary/aromatic N) is 3. The van der Waals surface area contributed by atoms with Gasteiger partial charge in [0.15, 0.2) is 0 Å². The lowest BCUT2D eigenvalue weighted by atomic mass is 10.2. The quantitative estimate of drug-likeness (QED) is 0.700. The van der Waals surface area contributed by atoms with Crippen LogP contribution in [0.3, 0.4) is 0 Å². The Balaban J connectivity index is 2.17. The molecule has 0 bridgehead atoms. The highest BCUT2D eigenvalue weighted by Gasteiger charge is 2.47. The van der Waals surface area contributed by atoms with Crippen molar-refractivity contribution in [2.24, 2.45) is 0 Å². The first-order valence-electron chi connectivity index (χ1n) is 3.80. The van der Waals surface area contributed by atoms with Crippen molar-refractivity contribution >= 4 is 5.97 Å². The van der Waals surface area contributed by atoms with Gasteiger partial charge in [0.2, 0.25) is 0 Å². The van der Waals surface area contributed by atoms with Crippen LogP contribution in [0.5, 0.6) is 0 Å². The molecule has 1 heterocycles. The van der Waals surface area contributed by atoms with E-state index in [9.17, 15) is 4.79 Å². The Morgan fingerprint density at radius 2 is 2.42 bits per heavy atom. The minimum atomic E-state index is -0.775. The van der Waals surface area contributed by atoms with Crippen molar-refractivity contribution < 1.29 is 9.90 Å². The smallest absolute Gasteiger partial charge is 0.305 e. The average molecular weight is 167 g/mol. The van der Waals surface area contributed by atoms with E-state index in [1.165, 1.54) is 6.33 Å². The van der Waals surface area contributed by atoms with Gasteiger partial charge in [0.05, 0.1) is 12.0 Å². The van der Waals surface area contributed by atoms with E-state index in [1.807, 2.05) is 0 Å². The summed E-state index contributed by atoms with van der Waals surface area (Å²) in [4.78, 5) is 14.3. The van der Waals surface area contributed by atoms with Crippen LogP contribution < -0.4 is 0 Å². The topological polar surface area (TPSA) is 68.0 Å². The molecule has 0 amide bonds. The first-order chi connectivity index (χ1) is 5.73. The average Bonchev–Trinajstić information content (AvgIpc) is 2.61. The van der Waals surface area contributed by atoms with Crippen molar-refractivity contribution in [2.45, 2.75) is 24.8 Å². The summed E-state index contributed by atoms with van der Waals surface area (Å²) in [5.74, 6) is -0.775. The lowest BCUT2D eigenvalue weighted by Crippen LogP contribution is -2.21. The third kappa shape index (κ3) is 1.07. The van der Waals surface area contributed by atoms with E-state index in [0.717, 1.165) is 12.8 Å². The number of rotatable bonds is 3. The van der Waals surface area contributed by atoms with Gasteiger partial charge in [-0.25, -0.2) is 9.67 Å². The first kappa shape index (κ1) is 7.27. The summed E-state index contributed by atoms with van der Waals surface area (Å²) < 4.78 is 1.65. The Morgan fingerprint density at radius 1 is 1.67 bits per heavy atom. The maximum atomic E-state index is 10.5. The van der Waals surface area contributed by atoms with Crippen LogP contribution in [0.1, 0.15) is 19.3 Å². The highest BCUT2D eigenvalue weighted by Crippen LogP contribution is 2.45. The van der Waals surface area contributed by atoms with Crippen LogP contribution in [0.2, 0.25) is 0 Å². The molecule has 1 aromatic heterocycles. The second-order valence-electron chi connectivity index (χ2n) is 3.13. The van der Waals surface area contributed by atoms with Gasteiger partial charge in [0.25, 0.3) is 0 Å². The third-order valence-electron chi connectivity index (χ3n) is 2.21. The van der Waals surface area contributed by atoms with Crippen LogP contribution in [-0.4, -0.2) is 25.8 Å². The lowest BCUT2D eigenvalue weighted by Gasteiger charge is -2.11. The van der Waals surface area contributed by atoms with Gasteiger partial charge in [-0.05, 0) is 12.8 Å². The van der Waals surface area contributed by atoms with Gasteiger partial charge in [-0.3, -0.25) is 4.79 Å². The maximum Gasteiger partial charge on any atom is 0.305 e. The van der Waals surface area contributed by atoms with Gasteiger partial charge in [-0.1, -0.05) is 0 Å². The lowest BCUT2D eigenvalue weighted by molar-refractivity contribution is -0.138. The van der Waals surface area contributed by atoms with Crippen molar-refractivity contribution in [3.8, 4) is 0 Å². The van der Waals surface area contributed by atoms with Gasteiger partial charge in [-0.2, -0.15) is 5.10 Å². The predicted molar refractivity (Wildman–Crippen MR) is 39.5 cm³/mol. The molecule has 1 aromatic rings. The molecule has 5 nitrogen and oxygen atoms in total. The number of carbonyl (C=O) groups is 1. The fourth-order valence-corrected chi connectivity index (χ4v) is 1.37. The number of aromatic nitrogens is 3. The van der Waals surface area contributed by atoms with Crippen molar-refractivity contribution in [1.29, 1.82) is 0 Å². The number of hydrogen-bond acceptors (Lipinski definition) is 3. The maximum absolute atomic E-state index is 10.5. The summed E-state index contributed by atoms with van der Waals surface area (Å²) >= 11 is 0. The molecule has 1 aliphatic carbocycles. The molecule has 0 unspecified atom stereocenters. The molecular weight excluding hydrogens is 158 g/mol. The molecule has 0 aliphatic heterocycles. The predicted octanol–water partition coefficient (Wildman–Crippen LogP) is 0.242. The Hall–Kier alpha value is -1.39. The molecule has 12 heavy (non-hydrogen) atoms. The van der Waals surface area contributed by atoms with Gasteiger partial charge in [-0.15, -0.1) is 0 Å². The summed E-state index contributed by atoms with van der Waals surface area (Å²) in [6.07, 6.45) is 4.94. The summed E-state index contributed by atoms with van der Waals surface area (Å²) in [5.41, 5.74) is -0.262. The largest absolute Gasteiger partial charge is 0.481 e. The van der Waals surface area contributed by atoms with Crippen LogP contribution in [0.4, 0.5) is 0 Å². The highest BCUT2D eigenvalue weighted by molar-refractivity contribution is 5.68. The van der Waals surface area contributed by atoms with Crippen molar-refractivity contribution in [3.63, 3.8) is 0 Å². The SMILES string of the molecule is O=C(O)CC1(n2cncn2)CC1. The summed E-state index contributed by atoms with van der Waals surface area (Å²) in [6.45, 7) is 0. The zero-order valence-electron chi connectivity index (χ0n) is 6.47. The van der Waals surface area contributed by atoms with E-state index >= 15 is 0 Å². The number of carboxylic acid groups (broad SMARTS) is 1. The summed E-state index contributed by atoms with van der Waals surface area (Å²) in [5, 5.41) is 12.6. The van der Waals surface area contributed by atoms with Crippen molar-refractivity contribution in [3.05, 3.63) is 12.7 Å².